The lowest BCUT2D eigenvalue weighted by Crippen LogP contribution is -2.34. The summed E-state index contributed by atoms with van der Waals surface area (Å²) in [7, 11) is -9.75. The van der Waals surface area contributed by atoms with Gasteiger partial charge in [0.05, 0.1) is 29.0 Å². The van der Waals surface area contributed by atoms with E-state index in [4.69, 9.17) is 5.14 Å². The largest absolute Gasteiger partial charge is 0.501 e. The van der Waals surface area contributed by atoms with E-state index in [0.29, 0.717) is 17.0 Å². The number of carbonyl (C=O) groups excluding carboxylic acids is 2. The number of nitrogens with two attached hydrogens (primary N) is 1. The van der Waals surface area contributed by atoms with E-state index in [-0.39, 0.29) is 23.5 Å². The van der Waals surface area contributed by atoms with Crippen molar-refractivity contribution in [2.45, 2.75) is 29.9 Å². The van der Waals surface area contributed by atoms with Gasteiger partial charge in [0, 0.05) is 6.20 Å². The predicted molar refractivity (Wildman–Crippen MR) is 109 cm³/mol. The zero-order valence-electron chi connectivity index (χ0n) is 16.6. The van der Waals surface area contributed by atoms with Gasteiger partial charge in [0.25, 0.3) is 26.0 Å². The van der Waals surface area contributed by atoms with Crippen LogP contribution in [0.25, 0.3) is 0 Å². The fourth-order valence-corrected chi connectivity index (χ4v) is 4.30. The van der Waals surface area contributed by atoms with Gasteiger partial charge in [-0.15, -0.1) is 0 Å². The third kappa shape index (κ3) is 4.76. The van der Waals surface area contributed by atoms with Crippen molar-refractivity contribution in [3.63, 3.8) is 0 Å². The van der Waals surface area contributed by atoms with Gasteiger partial charge in [-0.05, 0) is 42.8 Å². The number of pyridine rings is 1. The fraction of sp³-hybridized carbons (Fsp3) is 0.235. The Bertz CT molecular complexity index is 1310. The standard InChI is InChI=1S/C17H16F3N5O6S2/c1-10-15(26)25(12-2-4-13(5-3-12)32(28,29)17(18,19)20)16(27)24(10)9-11-6-7-22-8-14(11)23-33(21,30)31/h2-8,10,23H,9H2,1H3,(H2,21,30,31). The molecule has 33 heavy (non-hydrogen) atoms. The normalized spacial score (nSPS) is 17.5. The predicted octanol–water partition coefficient (Wildman–Crippen LogP) is 1.35. The summed E-state index contributed by atoms with van der Waals surface area (Å²) in [6, 6.07) is 2.63. The quantitative estimate of drug-likeness (QED) is 0.558. The van der Waals surface area contributed by atoms with E-state index >= 15 is 0 Å². The third-order valence-electron chi connectivity index (χ3n) is 4.70. The molecule has 0 saturated carbocycles. The molecule has 11 nitrogen and oxygen atoms in total. The highest BCUT2D eigenvalue weighted by atomic mass is 32.2. The Balaban J connectivity index is 1.89. The highest BCUT2D eigenvalue weighted by Gasteiger charge is 2.47. The topological polar surface area (TPSA) is 160 Å². The molecule has 1 aromatic carbocycles. The Hall–Kier alpha value is -3.24. The minimum absolute atomic E-state index is 0.0207. The molecule has 0 spiro atoms. The number of halogens is 3. The first-order chi connectivity index (χ1) is 15.1. The number of hydrogen-bond acceptors (Lipinski definition) is 7. The Kier molecular flexibility index (Phi) is 6.12. The Morgan fingerprint density at radius 2 is 1.70 bits per heavy atom. The second-order valence-corrected chi connectivity index (χ2v) is 10.1. The zero-order chi connectivity index (χ0) is 24.8. The van der Waals surface area contributed by atoms with Crippen molar-refractivity contribution >= 4 is 43.4 Å². The van der Waals surface area contributed by atoms with Crippen molar-refractivity contribution in [3.05, 3.63) is 48.3 Å². The van der Waals surface area contributed by atoms with Gasteiger partial charge < -0.3 is 4.90 Å². The minimum atomic E-state index is -5.60. The SMILES string of the molecule is CC1C(=O)N(c2ccc(S(=O)(=O)C(F)(F)F)cc2)C(=O)N1Cc1ccncc1NS(N)(=O)=O. The number of rotatable bonds is 6. The fourth-order valence-electron chi connectivity index (χ4n) is 3.05. The van der Waals surface area contributed by atoms with Crippen molar-refractivity contribution < 1.29 is 39.6 Å². The molecule has 0 bridgehead atoms. The molecular formula is C17H16F3N5O6S2. The van der Waals surface area contributed by atoms with Crippen LogP contribution in [0.2, 0.25) is 0 Å². The molecule has 1 aromatic heterocycles. The summed E-state index contributed by atoms with van der Waals surface area (Å²) < 4.78 is 85.9. The molecule has 1 saturated heterocycles. The molecule has 0 radical (unpaired) electrons. The summed E-state index contributed by atoms with van der Waals surface area (Å²) in [4.78, 5) is 30.1. The first-order valence-electron chi connectivity index (χ1n) is 8.93. The number of anilines is 2. The lowest BCUT2D eigenvalue weighted by atomic mass is 10.2. The smallest absolute Gasteiger partial charge is 0.308 e. The van der Waals surface area contributed by atoms with Gasteiger partial charge in [-0.3, -0.25) is 14.5 Å². The first-order valence-corrected chi connectivity index (χ1v) is 12.0. The summed E-state index contributed by atoms with van der Waals surface area (Å²) in [6.45, 7) is 1.17. The Morgan fingerprint density at radius 1 is 1.09 bits per heavy atom. The highest BCUT2D eigenvalue weighted by molar-refractivity contribution is 7.92. The average molecular weight is 507 g/mol. The number of nitrogens with one attached hydrogen (secondary N) is 1. The molecule has 1 aliphatic rings. The molecule has 3 rings (SSSR count). The van der Waals surface area contributed by atoms with Crippen LogP contribution in [0, 0.1) is 0 Å². The van der Waals surface area contributed by atoms with Crippen LogP contribution in [-0.4, -0.2) is 50.2 Å². The van der Waals surface area contributed by atoms with E-state index < -0.39 is 48.4 Å². The molecule has 178 valence electrons. The molecule has 1 atom stereocenters. The first kappa shape index (κ1) is 24.4. The maximum Gasteiger partial charge on any atom is 0.501 e. The van der Waals surface area contributed by atoms with E-state index in [1.807, 2.05) is 4.72 Å². The van der Waals surface area contributed by atoms with Gasteiger partial charge in [-0.1, -0.05) is 0 Å². The van der Waals surface area contributed by atoms with Crippen LogP contribution in [0.15, 0.2) is 47.6 Å². The summed E-state index contributed by atoms with van der Waals surface area (Å²) in [6.07, 6.45) is 2.48. The lowest BCUT2D eigenvalue weighted by Gasteiger charge is -2.21. The van der Waals surface area contributed by atoms with Gasteiger partial charge in [0.15, 0.2) is 0 Å². The Labute approximate surface area is 186 Å². The molecule has 2 heterocycles. The van der Waals surface area contributed by atoms with Crippen LogP contribution in [0.1, 0.15) is 12.5 Å². The second-order valence-electron chi connectivity index (χ2n) is 6.88. The summed E-state index contributed by atoms with van der Waals surface area (Å²) in [5.41, 5.74) is -5.40. The van der Waals surface area contributed by atoms with E-state index in [1.165, 1.54) is 19.2 Å². The van der Waals surface area contributed by atoms with Gasteiger partial charge >= 0.3 is 11.5 Å². The van der Waals surface area contributed by atoms with Crippen LogP contribution in [0.5, 0.6) is 0 Å². The number of sulfone groups is 1. The summed E-state index contributed by atoms with van der Waals surface area (Å²) in [5.74, 6) is -0.721. The molecule has 16 heteroatoms. The monoisotopic (exact) mass is 507 g/mol. The number of benzene rings is 1. The van der Waals surface area contributed by atoms with Crippen LogP contribution >= 0.6 is 0 Å². The molecule has 0 aliphatic carbocycles. The van der Waals surface area contributed by atoms with E-state index in [2.05, 4.69) is 4.98 Å². The zero-order valence-corrected chi connectivity index (χ0v) is 18.3. The molecular weight excluding hydrogens is 491 g/mol. The van der Waals surface area contributed by atoms with Crippen LogP contribution < -0.4 is 14.8 Å². The molecule has 3 amide bonds. The highest BCUT2D eigenvalue weighted by Crippen LogP contribution is 2.33. The number of carbonyl (C=O) groups is 2. The second kappa shape index (κ2) is 8.27. The maximum absolute atomic E-state index is 12.9. The van der Waals surface area contributed by atoms with Crippen LogP contribution in [-0.2, 0) is 31.4 Å². The number of nitrogens with zero attached hydrogens (tertiary/aromatic N) is 3. The lowest BCUT2D eigenvalue weighted by molar-refractivity contribution is -0.119. The van der Waals surface area contributed by atoms with Crippen LogP contribution in [0.3, 0.4) is 0 Å². The van der Waals surface area contributed by atoms with Crippen molar-refractivity contribution in [3.8, 4) is 0 Å². The van der Waals surface area contributed by atoms with Crippen molar-refractivity contribution in [2.75, 3.05) is 9.62 Å². The average Bonchev–Trinajstić information content (AvgIpc) is 2.91. The van der Waals surface area contributed by atoms with Crippen LogP contribution in [0.4, 0.5) is 29.3 Å². The number of aromatic nitrogens is 1. The van der Waals surface area contributed by atoms with Gasteiger partial charge in [-0.25, -0.2) is 23.3 Å². The number of alkyl halides is 3. The Morgan fingerprint density at radius 3 is 2.24 bits per heavy atom. The number of hydrogen-bond donors (Lipinski definition) is 2. The molecule has 1 unspecified atom stereocenters. The maximum atomic E-state index is 12.9. The third-order valence-corrected chi connectivity index (χ3v) is 6.70. The molecule has 1 fully saturated rings. The molecule has 2 aromatic rings. The van der Waals surface area contributed by atoms with E-state index in [1.54, 1.807) is 0 Å². The van der Waals surface area contributed by atoms with Gasteiger partial charge in [0.1, 0.15) is 6.04 Å². The molecule has 1 aliphatic heterocycles. The van der Waals surface area contributed by atoms with Crippen molar-refractivity contribution in [2.24, 2.45) is 5.14 Å². The number of amides is 3. The van der Waals surface area contributed by atoms with E-state index in [9.17, 15) is 39.6 Å². The van der Waals surface area contributed by atoms with Gasteiger partial charge in [-0.2, -0.15) is 21.6 Å². The van der Waals surface area contributed by atoms with Gasteiger partial charge in [0.2, 0.25) is 0 Å². The summed E-state index contributed by atoms with van der Waals surface area (Å²) >= 11 is 0. The van der Waals surface area contributed by atoms with Crippen molar-refractivity contribution in [1.29, 1.82) is 0 Å². The van der Waals surface area contributed by atoms with E-state index in [0.717, 1.165) is 23.2 Å². The summed E-state index contributed by atoms with van der Waals surface area (Å²) in [5, 5.41) is 4.97. The minimum Gasteiger partial charge on any atom is -0.308 e. The molecule has 3 N–H and O–H groups in total. The number of imide groups is 1. The van der Waals surface area contributed by atoms with Crippen molar-refractivity contribution in [1.82, 2.24) is 9.88 Å². The number of urea groups is 1.